The fourth-order valence-corrected chi connectivity index (χ4v) is 3.53. The molecule has 1 fully saturated rings. The average Bonchev–Trinajstić information content (AvgIpc) is 3.23. The number of anilines is 1. The quantitative estimate of drug-likeness (QED) is 0.630. The molecule has 156 valence electrons. The minimum atomic E-state index is -4.55. The molecule has 1 aliphatic rings. The lowest BCUT2D eigenvalue weighted by atomic mass is 10.1. The van der Waals surface area contributed by atoms with Gasteiger partial charge in [0.25, 0.3) is 5.91 Å². The molecule has 30 heavy (non-hydrogen) atoms. The monoisotopic (exact) mass is 436 g/mol. The van der Waals surface area contributed by atoms with Gasteiger partial charge in [-0.3, -0.25) is 4.79 Å². The van der Waals surface area contributed by atoms with Crippen LogP contribution < -0.4 is 4.90 Å². The number of benzene rings is 1. The van der Waals surface area contributed by atoms with E-state index in [-0.39, 0.29) is 11.4 Å². The average molecular weight is 437 g/mol. The molecule has 1 saturated heterocycles. The van der Waals surface area contributed by atoms with Gasteiger partial charge in [0.05, 0.1) is 22.5 Å². The molecular formula is C19H16ClF3N6O. The molecule has 0 unspecified atom stereocenters. The number of para-hydroxylation sites is 1. The van der Waals surface area contributed by atoms with Gasteiger partial charge in [-0.1, -0.05) is 28.9 Å². The molecule has 3 heterocycles. The maximum absolute atomic E-state index is 13.2. The highest BCUT2D eigenvalue weighted by Gasteiger charge is 2.34. The number of nitrogens with zero attached hydrogens (tertiary/aromatic N) is 6. The Bertz CT molecular complexity index is 1060. The summed E-state index contributed by atoms with van der Waals surface area (Å²) in [5, 5.41) is 8.05. The standard InChI is InChI=1S/C19H16ClF3N6O/c20-14-5-3-7-24-17(14)27-8-10-28(11-9-27)18(30)15-12-29(26-25-15)16-6-2-1-4-13(16)19(21,22)23/h1-7,12H,8-11H2. The molecule has 1 amide bonds. The van der Waals surface area contributed by atoms with E-state index in [9.17, 15) is 18.0 Å². The van der Waals surface area contributed by atoms with E-state index < -0.39 is 17.6 Å². The Morgan fingerprint density at radius 2 is 1.77 bits per heavy atom. The SMILES string of the molecule is O=C(c1cn(-c2ccccc2C(F)(F)F)nn1)N1CCN(c2ncccc2Cl)CC1. The van der Waals surface area contributed by atoms with E-state index in [2.05, 4.69) is 15.3 Å². The van der Waals surface area contributed by atoms with Crippen molar-refractivity contribution >= 4 is 23.3 Å². The van der Waals surface area contributed by atoms with Crippen LogP contribution in [0.2, 0.25) is 5.02 Å². The maximum Gasteiger partial charge on any atom is 0.418 e. The smallest absolute Gasteiger partial charge is 0.352 e. The second-order valence-corrected chi connectivity index (χ2v) is 7.06. The molecule has 2 aromatic heterocycles. The Balaban J connectivity index is 1.48. The molecule has 0 saturated carbocycles. The fourth-order valence-electron chi connectivity index (χ4n) is 3.29. The number of alkyl halides is 3. The van der Waals surface area contributed by atoms with Gasteiger partial charge in [-0.05, 0) is 24.3 Å². The molecule has 1 aliphatic heterocycles. The third-order valence-electron chi connectivity index (χ3n) is 4.77. The summed E-state index contributed by atoms with van der Waals surface area (Å²) in [6, 6.07) is 8.49. The third-order valence-corrected chi connectivity index (χ3v) is 5.07. The summed E-state index contributed by atoms with van der Waals surface area (Å²) in [7, 11) is 0. The van der Waals surface area contributed by atoms with E-state index in [1.807, 2.05) is 4.90 Å². The van der Waals surface area contributed by atoms with Gasteiger partial charge in [0.15, 0.2) is 5.69 Å². The predicted molar refractivity (Wildman–Crippen MR) is 104 cm³/mol. The number of hydrogen-bond donors (Lipinski definition) is 0. The van der Waals surface area contributed by atoms with E-state index in [1.54, 1.807) is 23.2 Å². The molecule has 3 aromatic rings. The molecule has 0 aliphatic carbocycles. The Hall–Kier alpha value is -3.14. The van der Waals surface area contributed by atoms with Gasteiger partial charge < -0.3 is 9.80 Å². The molecule has 0 N–H and O–H groups in total. The molecule has 0 bridgehead atoms. The molecule has 0 spiro atoms. The Labute approximate surface area is 174 Å². The van der Waals surface area contributed by atoms with Gasteiger partial charge in [0, 0.05) is 32.4 Å². The number of amides is 1. The molecule has 0 radical (unpaired) electrons. The zero-order valence-corrected chi connectivity index (χ0v) is 16.3. The number of aromatic nitrogens is 4. The number of pyridine rings is 1. The number of hydrogen-bond acceptors (Lipinski definition) is 5. The van der Waals surface area contributed by atoms with Gasteiger partial charge in [-0.25, -0.2) is 9.67 Å². The molecule has 0 atom stereocenters. The van der Waals surface area contributed by atoms with E-state index >= 15 is 0 Å². The molecule has 1 aromatic carbocycles. The van der Waals surface area contributed by atoms with Crippen LogP contribution >= 0.6 is 11.6 Å². The predicted octanol–water partition coefficient (Wildman–Crippen LogP) is 3.30. The van der Waals surface area contributed by atoms with E-state index in [1.165, 1.54) is 24.4 Å². The van der Waals surface area contributed by atoms with Gasteiger partial charge in [-0.2, -0.15) is 13.2 Å². The lowest BCUT2D eigenvalue weighted by Gasteiger charge is -2.35. The van der Waals surface area contributed by atoms with Crippen molar-refractivity contribution in [2.45, 2.75) is 6.18 Å². The summed E-state index contributed by atoms with van der Waals surface area (Å²) in [6.45, 7) is 1.84. The summed E-state index contributed by atoms with van der Waals surface area (Å²) < 4.78 is 40.7. The van der Waals surface area contributed by atoms with Crippen LogP contribution in [0.4, 0.5) is 19.0 Å². The zero-order valence-electron chi connectivity index (χ0n) is 15.6. The highest BCUT2D eigenvalue weighted by atomic mass is 35.5. The summed E-state index contributed by atoms with van der Waals surface area (Å²) in [4.78, 5) is 20.6. The Kier molecular flexibility index (Phi) is 5.33. The van der Waals surface area contributed by atoms with Crippen LogP contribution in [-0.4, -0.2) is 57.0 Å². The van der Waals surface area contributed by atoms with Crippen LogP contribution in [0.5, 0.6) is 0 Å². The second-order valence-electron chi connectivity index (χ2n) is 6.65. The number of carbonyl (C=O) groups excluding carboxylic acids is 1. The van der Waals surface area contributed by atoms with Gasteiger partial charge in [0.2, 0.25) is 0 Å². The van der Waals surface area contributed by atoms with Crippen molar-refractivity contribution in [2.24, 2.45) is 0 Å². The van der Waals surface area contributed by atoms with Crippen LogP contribution in [-0.2, 0) is 6.18 Å². The van der Waals surface area contributed by atoms with E-state index in [4.69, 9.17) is 11.6 Å². The first-order valence-corrected chi connectivity index (χ1v) is 9.46. The van der Waals surface area contributed by atoms with Gasteiger partial charge in [0.1, 0.15) is 5.82 Å². The molecule has 11 heteroatoms. The fraction of sp³-hybridized carbons (Fsp3) is 0.263. The maximum atomic E-state index is 13.2. The number of rotatable bonds is 3. The first kappa shape index (κ1) is 20.1. The summed E-state index contributed by atoms with van der Waals surface area (Å²) in [5.74, 6) is 0.262. The van der Waals surface area contributed by atoms with Crippen molar-refractivity contribution in [2.75, 3.05) is 31.1 Å². The first-order chi connectivity index (χ1) is 14.3. The number of halogens is 4. The highest BCUT2D eigenvalue weighted by Crippen LogP contribution is 2.33. The number of piperazine rings is 1. The van der Waals surface area contributed by atoms with Crippen molar-refractivity contribution < 1.29 is 18.0 Å². The van der Waals surface area contributed by atoms with Crippen molar-refractivity contribution in [3.8, 4) is 5.69 Å². The normalized spacial score (nSPS) is 14.8. The topological polar surface area (TPSA) is 67.2 Å². The largest absolute Gasteiger partial charge is 0.418 e. The Morgan fingerprint density at radius 3 is 2.47 bits per heavy atom. The summed E-state index contributed by atoms with van der Waals surface area (Å²) in [6.07, 6.45) is -1.68. The van der Waals surface area contributed by atoms with Crippen molar-refractivity contribution in [3.63, 3.8) is 0 Å². The second kappa shape index (κ2) is 7.94. The molecular weight excluding hydrogens is 421 g/mol. The minimum absolute atomic E-state index is 0.0173. The van der Waals surface area contributed by atoms with E-state index in [0.717, 1.165) is 10.7 Å². The first-order valence-electron chi connectivity index (χ1n) is 9.08. The Morgan fingerprint density at radius 1 is 1.03 bits per heavy atom. The molecule has 4 rings (SSSR count). The lowest BCUT2D eigenvalue weighted by molar-refractivity contribution is -0.137. The van der Waals surface area contributed by atoms with Crippen molar-refractivity contribution in [1.82, 2.24) is 24.9 Å². The highest BCUT2D eigenvalue weighted by molar-refractivity contribution is 6.32. The van der Waals surface area contributed by atoms with Crippen LogP contribution in [0.1, 0.15) is 16.1 Å². The van der Waals surface area contributed by atoms with Gasteiger partial charge in [-0.15, -0.1) is 5.10 Å². The van der Waals surface area contributed by atoms with Crippen LogP contribution in [0.25, 0.3) is 5.69 Å². The summed E-state index contributed by atoms with van der Waals surface area (Å²) >= 11 is 6.17. The number of carbonyl (C=O) groups is 1. The zero-order chi connectivity index (χ0) is 21.3. The lowest BCUT2D eigenvalue weighted by Crippen LogP contribution is -2.49. The van der Waals surface area contributed by atoms with Crippen molar-refractivity contribution in [3.05, 3.63) is 65.1 Å². The van der Waals surface area contributed by atoms with Crippen molar-refractivity contribution in [1.29, 1.82) is 0 Å². The van der Waals surface area contributed by atoms with Crippen LogP contribution in [0.15, 0.2) is 48.8 Å². The minimum Gasteiger partial charge on any atom is -0.352 e. The summed E-state index contributed by atoms with van der Waals surface area (Å²) in [5.41, 5.74) is -1.06. The molecule has 7 nitrogen and oxygen atoms in total. The van der Waals surface area contributed by atoms with Crippen LogP contribution in [0.3, 0.4) is 0 Å². The third kappa shape index (κ3) is 3.95. The van der Waals surface area contributed by atoms with Crippen LogP contribution in [0, 0.1) is 0 Å². The van der Waals surface area contributed by atoms with Gasteiger partial charge >= 0.3 is 6.18 Å². The van der Waals surface area contributed by atoms with E-state index in [0.29, 0.717) is 37.0 Å².